The summed E-state index contributed by atoms with van der Waals surface area (Å²) in [5, 5.41) is 14.1. The Morgan fingerprint density at radius 1 is 0.659 bits per heavy atom. The Morgan fingerprint density at radius 3 is 1.85 bits per heavy atom. The van der Waals surface area contributed by atoms with E-state index in [1.165, 1.54) is 12.8 Å². The second kappa shape index (κ2) is 21.1. The SMILES string of the molecule is O=C(O)CCCCCCCNC(=O)CCC(=O)NC(CCC(=O)OCC1CCCCC1)C(=O)OCC1CCCCC1. The van der Waals surface area contributed by atoms with Crippen molar-refractivity contribution in [3.63, 3.8) is 0 Å². The first kappa shape index (κ1) is 34.6. The van der Waals surface area contributed by atoms with Crippen molar-refractivity contribution in [3.05, 3.63) is 0 Å². The van der Waals surface area contributed by atoms with E-state index in [0.717, 1.165) is 77.0 Å². The second-order valence-electron chi connectivity index (χ2n) is 11.7. The van der Waals surface area contributed by atoms with E-state index in [2.05, 4.69) is 10.6 Å². The molecule has 2 rings (SSSR count). The van der Waals surface area contributed by atoms with Crippen molar-refractivity contribution in [1.29, 1.82) is 0 Å². The zero-order chi connectivity index (χ0) is 29.7. The zero-order valence-corrected chi connectivity index (χ0v) is 24.8. The molecule has 2 fully saturated rings. The number of nitrogens with one attached hydrogen (secondary N) is 2. The van der Waals surface area contributed by atoms with Gasteiger partial charge in [-0.15, -0.1) is 0 Å². The van der Waals surface area contributed by atoms with Crippen LogP contribution in [-0.2, 0) is 33.4 Å². The van der Waals surface area contributed by atoms with Gasteiger partial charge in [0, 0.05) is 32.2 Å². The fraction of sp³-hybridized carbons (Fsp3) is 0.839. The van der Waals surface area contributed by atoms with Crippen LogP contribution in [-0.4, -0.2) is 60.6 Å². The topological polar surface area (TPSA) is 148 Å². The second-order valence-corrected chi connectivity index (χ2v) is 11.7. The fourth-order valence-corrected chi connectivity index (χ4v) is 5.54. The molecule has 0 saturated heterocycles. The van der Waals surface area contributed by atoms with Gasteiger partial charge in [-0.3, -0.25) is 19.2 Å². The number of unbranched alkanes of at least 4 members (excludes halogenated alkanes) is 4. The number of ether oxygens (including phenoxy) is 2. The lowest BCUT2D eigenvalue weighted by atomic mass is 9.90. The van der Waals surface area contributed by atoms with Crippen molar-refractivity contribution < 1.29 is 38.6 Å². The number of hydrogen-bond donors (Lipinski definition) is 3. The third kappa shape index (κ3) is 17.0. The van der Waals surface area contributed by atoms with E-state index in [9.17, 15) is 24.0 Å². The highest BCUT2D eigenvalue weighted by molar-refractivity contribution is 5.87. The summed E-state index contributed by atoms with van der Waals surface area (Å²) in [6, 6.07) is -0.961. The molecule has 1 atom stereocenters. The Morgan fingerprint density at radius 2 is 1.22 bits per heavy atom. The Hall–Kier alpha value is -2.65. The van der Waals surface area contributed by atoms with Gasteiger partial charge in [0.05, 0.1) is 13.2 Å². The maximum Gasteiger partial charge on any atom is 0.328 e. The molecule has 0 bridgehead atoms. The Balaban J connectivity index is 1.70. The average Bonchev–Trinajstić information content (AvgIpc) is 2.98. The van der Waals surface area contributed by atoms with E-state index in [0.29, 0.717) is 38.0 Å². The highest BCUT2D eigenvalue weighted by Gasteiger charge is 2.26. The van der Waals surface area contributed by atoms with E-state index in [-0.39, 0.29) is 44.0 Å². The summed E-state index contributed by atoms with van der Waals surface area (Å²) in [6.07, 6.45) is 15.5. The van der Waals surface area contributed by atoms with Crippen LogP contribution in [0.1, 0.15) is 128 Å². The normalized spacial score (nSPS) is 16.9. The molecule has 0 aliphatic heterocycles. The number of aliphatic carboxylic acids is 1. The van der Waals surface area contributed by atoms with Gasteiger partial charge in [0.1, 0.15) is 6.04 Å². The van der Waals surface area contributed by atoms with E-state index < -0.39 is 23.9 Å². The minimum absolute atomic E-state index is 0.00227. The standard InChI is InChI=1S/C31H52N2O8/c34-27(32-21-11-3-1-2-10-16-29(36)37)18-19-28(35)33-26(31(39)41-23-25-14-8-5-9-15-25)17-20-30(38)40-22-24-12-6-4-7-13-24/h24-26H,1-23H2,(H,32,34)(H,33,35)(H,36,37). The van der Waals surface area contributed by atoms with Crippen LogP contribution in [0, 0.1) is 11.8 Å². The number of carbonyl (C=O) groups excluding carboxylic acids is 4. The summed E-state index contributed by atoms with van der Waals surface area (Å²) in [6.45, 7) is 1.22. The maximum atomic E-state index is 12.9. The average molecular weight is 581 g/mol. The molecule has 41 heavy (non-hydrogen) atoms. The van der Waals surface area contributed by atoms with Gasteiger partial charge in [-0.25, -0.2) is 4.79 Å². The van der Waals surface area contributed by atoms with Gasteiger partial charge in [0.2, 0.25) is 11.8 Å². The van der Waals surface area contributed by atoms with Crippen molar-refractivity contribution in [2.45, 2.75) is 134 Å². The molecule has 2 amide bonds. The Bertz CT molecular complexity index is 806. The molecule has 0 heterocycles. The molecule has 0 aromatic rings. The van der Waals surface area contributed by atoms with Gasteiger partial charge in [-0.1, -0.05) is 57.8 Å². The molecule has 3 N–H and O–H groups in total. The molecule has 0 spiro atoms. The first-order valence-electron chi connectivity index (χ1n) is 15.9. The van der Waals surface area contributed by atoms with Crippen molar-refractivity contribution in [2.24, 2.45) is 11.8 Å². The maximum absolute atomic E-state index is 12.9. The van der Waals surface area contributed by atoms with Crippen LogP contribution in [0.3, 0.4) is 0 Å². The molecule has 2 aliphatic carbocycles. The summed E-state index contributed by atoms with van der Waals surface area (Å²) < 4.78 is 11.0. The third-order valence-corrected chi connectivity index (χ3v) is 8.12. The van der Waals surface area contributed by atoms with Gasteiger partial charge in [-0.2, -0.15) is 0 Å². The summed E-state index contributed by atoms with van der Waals surface area (Å²) >= 11 is 0. The lowest BCUT2D eigenvalue weighted by molar-refractivity contribution is -0.151. The predicted octanol–water partition coefficient (Wildman–Crippen LogP) is 4.82. The molecule has 0 aromatic heterocycles. The van der Waals surface area contributed by atoms with Crippen LogP contribution in [0.4, 0.5) is 0 Å². The van der Waals surface area contributed by atoms with E-state index in [1.807, 2.05) is 0 Å². The Kier molecular flexibility index (Phi) is 17.8. The van der Waals surface area contributed by atoms with Gasteiger partial charge < -0.3 is 25.2 Å². The summed E-state index contributed by atoms with van der Waals surface area (Å²) in [5.41, 5.74) is 0. The van der Waals surface area contributed by atoms with Crippen LogP contribution in [0.15, 0.2) is 0 Å². The van der Waals surface area contributed by atoms with E-state index in [1.54, 1.807) is 0 Å². The van der Waals surface area contributed by atoms with Gasteiger partial charge >= 0.3 is 17.9 Å². The molecular formula is C31H52N2O8. The molecule has 234 valence electrons. The predicted molar refractivity (Wildman–Crippen MR) is 154 cm³/mol. The van der Waals surface area contributed by atoms with Gasteiger partial charge in [0.15, 0.2) is 0 Å². The van der Waals surface area contributed by atoms with Crippen LogP contribution in [0.5, 0.6) is 0 Å². The highest BCUT2D eigenvalue weighted by Crippen LogP contribution is 2.25. The van der Waals surface area contributed by atoms with E-state index in [4.69, 9.17) is 14.6 Å². The third-order valence-electron chi connectivity index (χ3n) is 8.12. The minimum Gasteiger partial charge on any atom is -0.481 e. The largest absolute Gasteiger partial charge is 0.481 e. The number of rotatable bonds is 20. The van der Waals surface area contributed by atoms with E-state index >= 15 is 0 Å². The molecule has 10 heteroatoms. The number of carboxylic acid groups (broad SMARTS) is 1. The molecule has 10 nitrogen and oxygen atoms in total. The molecule has 1 unspecified atom stereocenters. The molecule has 2 aliphatic rings. The Labute approximate surface area is 245 Å². The number of esters is 2. The van der Waals surface area contributed by atoms with Crippen LogP contribution < -0.4 is 10.6 Å². The zero-order valence-electron chi connectivity index (χ0n) is 24.8. The van der Waals surface area contributed by atoms with Crippen molar-refractivity contribution >= 4 is 29.7 Å². The van der Waals surface area contributed by atoms with Crippen LogP contribution in [0.25, 0.3) is 0 Å². The van der Waals surface area contributed by atoms with Gasteiger partial charge in [-0.05, 0) is 56.8 Å². The molecule has 0 aromatic carbocycles. The molecular weight excluding hydrogens is 528 g/mol. The quantitative estimate of drug-likeness (QED) is 0.137. The van der Waals surface area contributed by atoms with Crippen LogP contribution in [0.2, 0.25) is 0 Å². The lowest BCUT2D eigenvalue weighted by Crippen LogP contribution is -2.43. The summed E-state index contributed by atoms with van der Waals surface area (Å²) in [5.74, 6) is -1.65. The number of amides is 2. The van der Waals surface area contributed by atoms with Crippen molar-refractivity contribution in [1.82, 2.24) is 10.6 Å². The lowest BCUT2D eigenvalue weighted by Gasteiger charge is -2.23. The van der Waals surface area contributed by atoms with Crippen LogP contribution >= 0.6 is 0 Å². The van der Waals surface area contributed by atoms with Crippen molar-refractivity contribution in [2.75, 3.05) is 19.8 Å². The first-order chi connectivity index (χ1) is 19.8. The first-order valence-corrected chi connectivity index (χ1v) is 15.9. The summed E-state index contributed by atoms with van der Waals surface area (Å²) in [7, 11) is 0. The van der Waals surface area contributed by atoms with Gasteiger partial charge in [0.25, 0.3) is 0 Å². The molecule has 0 radical (unpaired) electrons. The minimum atomic E-state index is -0.961. The molecule has 2 saturated carbocycles. The highest BCUT2D eigenvalue weighted by atomic mass is 16.5. The number of carboxylic acids is 1. The fourth-order valence-electron chi connectivity index (χ4n) is 5.54. The van der Waals surface area contributed by atoms with Crippen molar-refractivity contribution in [3.8, 4) is 0 Å². The number of carbonyl (C=O) groups is 5. The summed E-state index contributed by atoms with van der Waals surface area (Å²) in [4.78, 5) is 60.6. The smallest absolute Gasteiger partial charge is 0.328 e. The monoisotopic (exact) mass is 580 g/mol. The number of hydrogen-bond acceptors (Lipinski definition) is 7.